The molecule has 1 atom stereocenters. The summed E-state index contributed by atoms with van der Waals surface area (Å²) in [6.07, 6.45) is 6.92. The van der Waals surface area contributed by atoms with E-state index >= 15 is 0 Å². The monoisotopic (exact) mass is 284 g/mol. The molecule has 0 heterocycles. The minimum absolute atomic E-state index is 0.674. The van der Waals surface area contributed by atoms with Gasteiger partial charge < -0.3 is 10.1 Å². The van der Waals surface area contributed by atoms with E-state index in [1.807, 2.05) is 0 Å². The minimum atomic E-state index is 0.674. The lowest BCUT2D eigenvalue weighted by molar-refractivity contribution is 0.124. The lowest BCUT2D eigenvalue weighted by Gasteiger charge is -2.32. The van der Waals surface area contributed by atoms with Gasteiger partial charge in [-0.05, 0) is 37.6 Å². The van der Waals surface area contributed by atoms with Gasteiger partial charge in [-0.2, -0.15) is 0 Å². The van der Waals surface area contributed by atoms with Crippen LogP contribution < -0.4 is 5.32 Å². The Morgan fingerprint density at radius 1 is 1.20 bits per heavy atom. The predicted octanol–water partition coefficient (Wildman–Crippen LogP) is 3.15. The summed E-state index contributed by atoms with van der Waals surface area (Å²) in [6.45, 7) is 12.3. The molecule has 3 nitrogen and oxygen atoms in total. The molecule has 0 aromatic rings. The summed E-state index contributed by atoms with van der Waals surface area (Å²) in [5, 5.41) is 3.81. The molecular weight excluding hydrogens is 248 g/mol. The molecule has 0 aliphatic heterocycles. The first-order valence-corrected chi connectivity index (χ1v) is 8.62. The highest BCUT2D eigenvalue weighted by atomic mass is 16.5. The molecule has 0 saturated heterocycles. The zero-order valence-corrected chi connectivity index (χ0v) is 14.2. The van der Waals surface area contributed by atoms with Gasteiger partial charge in [-0.1, -0.05) is 33.6 Å². The molecule has 20 heavy (non-hydrogen) atoms. The topological polar surface area (TPSA) is 24.5 Å². The van der Waals surface area contributed by atoms with Crippen molar-refractivity contribution in [3.05, 3.63) is 0 Å². The number of hydrogen-bond acceptors (Lipinski definition) is 3. The van der Waals surface area contributed by atoms with Crippen LogP contribution in [0.2, 0.25) is 0 Å². The van der Waals surface area contributed by atoms with Gasteiger partial charge in [-0.15, -0.1) is 0 Å². The third-order valence-electron chi connectivity index (χ3n) is 4.32. The molecule has 0 bridgehead atoms. The van der Waals surface area contributed by atoms with Crippen LogP contribution in [0.3, 0.4) is 0 Å². The maximum absolute atomic E-state index is 5.28. The maximum Gasteiger partial charge on any atom is 0.0589 e. The zero-order valence-electron chi connectivity index (χ0n) is 14.2. The highest BCUT2D eigenvalue weighted by Crippen LogP contribution is 2.28. The Balaban J connectivity index is 2.51. The molecule has 120 valence electrons. The first-order chi connectivity index (χ1) is 9.67. The normalized spacial score (nSPS) is 18.3. The summed E-state index contributed by atoms with van der Waals surface area (Å²) >= 11 is 0. The minimum Gasteiger partial charge on any atom is -0.383 e. The van der Waals surface area contributed by atoms with Gasteiger partial charge in [0.2, 0.25) is 0 Å². The summed E-state index contributed by atoms with van der Waals surface area (Å²) in [5.74, 6) is 1.61. The number of methoxy groups -OCH3 is 1. The Labute approximate surface area is 126 Å². The third-order valence-corrected chi connectivity index (χ3v) is 4.32. The molecule has 0 aromatic heterocycles. The highest BCUT2D eigenvalue weighted by Gasteiger charge is 2.26. The lowest BCUT2D eigenvalue weighted by atomic mass is 9.97. The van der Waals surface area contributed by atoms with E-state index in [0.717, 1.165) is 31.5 Å². The van der Waals surface area contributed by atoms with E-state index in [9.17, 15) is 0 Å². The van der Waals surface area contributed by atoms with Crippen molar-refractivity contribution in [1.82, 2.24) is 10.2 Å². The van der Waals surface area contributed by atoms with Crippen molar-refractivity contribution in [2.45, 2.75) is 58.9 Å². The molecular formula is C17H36N2O. The summed E-state index contributed by atoms with van der Waals surface area (Å²) in [4.78, 5) is 2.60. The van der Waals surface area contributed by atoms with Gasteiger partial charge in [0.15, 0.2) is 0 Å². The average Bonchev–Trinajstić information content (AvgIpc) is 2.93. The standard InChI is InChI=1S/C17H36N2O/c1-5-10-18-17(16-8-6-7-9-16)14-19(11-12-20-4)13-15(2)3/h15-18H,5-14H2,1-4H3. The van der Waals surface area contributed by atoms with Crippen LogP contribution in [-0.4, -0.2) is 50.8 Å². The van der Waals surface area contributed by atoms with Gasteiger partial charge in [0, 0.05) is 32.8 Å². The molecule has 1 N–H and O–H groups in total. The van der Waals surface area contributed by atoms with E-state index in [2.05, 4.69) is 31.0 Å². The second kappa shape index (κ2) is 10.6. The Morgan fingerprint density at radius 3 is 2.45 bits per heavy atom. The SMILES string of the molecule is CCCNC(CN(CCOC)CC(C)C)C1CCCC1. The molecule has 1 aliphatic rings. The molecule has 1 rings (SSSR count). The first-order valence-electron chi connectivity index (χ1n) is 8.62. The molecule has 1 fully saturated rings. The van der Waals surface area contributed by atoms with Gasteiger partial charge in [-0.25, -0.2) is 0 Å². The van der Waals surface area contributed by atoms with Gasteiger partial charge in [-0.3, -0.25) is 4.90 Å². The van der Waals surface area contributed by atoms with Crippen LogP contribution in [0.5, 0.6) is 0 Å². The van der Waals surface area contributed by atoms with Crippen LogP contribution in [-0.2, 0) is 4.74 Å². The lowest BCUT2D eigenvalue weighted by Crippen LogP contribution is -2.47. The van der Waals surface area contributed by atoms with Crippen LogP contribution in [0.1, 0.15) is 52.9 Å². The number of ether oxygens (including phenoxy) is 1. The number of nitrogens with one attached hydrogen (secondary N) is 1. The molecule has 1 aliphatic carbocycles. The van der Waals surface area contributed by atoms with Crippen molar-refractivity contribution in [3.8, 4) is 0 Å². The highest BCUT2D eigenvalue weighted by molar-refractivity contribution is 4.83. The van der Waals surface area contributed by atoms with E-state index in [-0.39, 0.29) is 0 Å². The van der Waals surface area contributed by atoms with Crippen molar-refractivity contribution in [2.75, 3.05) is 39.9 Å². The zero-order chi connectivity index (χ0) is 14.8. The summed E-state index contributed by atoms with van der Waals surface area (Å²) < 4.78 is 5.28. The van der Waals surface area contributed by atoms with Gasteiger partial charge in [0.25, 0.3) is 0 Å². The van der Waals surface area contributed by atoms with Gasteiger partial charge >= 0.3 is 0 Å². The van der Waals surface area contributed by atoms with Crippen molar-refractivity contribution in [1.29, 1.82) is 0 Å². The fraction of sp³-hybridized carbons (Fsp3) is 1.00. The predicted molar refractivity (Wildman–Crippen MR) is 87.2 cm³/mol. The molecule has 3 heteroatoms. The van der Waals surface area contributed by atoms with Crippen molar-refractivity contribution in [3.63, 3.8) is 0 Å². The maximum atomic E-state index is 5.28. The first kappa shape index (κ1) is 17.9. The van der Waals surface area contributed by atoms with Crippen LogP contribution in [0.25, 0.3) is 0 Å². The molecule has 0 amide bonds. The number of hydrogen-bond donors (Lipinski definition) is 1. The molecule has 1 unspecified atom stereocenters. The quantitative estimate of drug-likeness (QED) is 0.631. The Morgan fingerprint density at radius 2 is 1.90 bits per heavy atom. The van der Waals surface area contributed by atoms with Crippen LogP contribution in [0.15, 0.2) is 0 Å². The van der Waals surface area contributed by atoms with Crippen LogP contribution >= 0.6 is 0 Å². The average molecular weight is 284 g/mol. The van der Waals surface area contributed by atoms with E-state index in [0.29, 0.717) is 6.04 Å². The van der Waals surface area contributed by atoms with E-state index < -0.39 is 0 Å². The summed E-state index contributed by atoms with van der Waals surface area (Å²) in [7, 11) is 1.80. The second-order valence-electron chi connectivity index (χ2n) is 6.75. The van der Waals surface area contributed by atoms with Crippen LogP contribution in [0, 0.1) is 11.8 Å². The van der Waals surface area contributed by atoms with Crippen molar-refractivity contribution >= 4 is 0 Å². The fourth-order valence-corrected chi connectivity index (χ4v) is 3.34. The van der Waals surface area contributed by atoms with Crippen LogP contribution in [0.4, 0.5) is 0 Å². The number of rotatable bonds is 11. The molecule has 0 spiro atoms. The summed E-state index contributed by atoms with van der Waals surface area (Å²) in [5.41, 5.74) is 0. The second-order valence-corrected chi connectivity index (χ2v) is 6.75. The Hall–Kier alpha value is -0.120. The van der Waals surface area contributed by atoms with Gasteiger partial charge in [0.1, 0.15) is 0 Å². The smallest absolute Gasteiger partial charge is 0.0589 e. The van der Waals surface area contributed by atoms with E-state index in [4.69, 9.17) is 4.74 Å². The van der Waals surface area contributed by atoms with Gasteiger partial charge in [0.05, 0.1) is 6.61 Å². The molecule has 1 saturated carbocycles. The molecule has 0 aromatic carbocycles. The molecule has 0 radical (unpaired) electrons. The Kier molecular flexibility index (Phi) is 9.49. The van der Waals surface area contributed by atoms with E-state index in [1.54, 1.807) is 7.11 Å². The Bertz CT molecular complexity index is 227. The third kappa shape index (κ3) is 7.05. The van der Waals surface area contributed by atoms with Crippen molar-refractivity contribution < 1.29 is 4.74 Å². The fourth-order valence-electron chi connectivity index (χ4n) is 3.34. The summed E-state index contributed by atoms with van der Waals surface area (Å²) in [6, 6.07) is 0.674. The van der Waals surface area contributed by atoms with Crippen molar-refractivity contribution in [2.24, 2.45) is 11.8 Å². The van der Waals surface area contributed by atoms with E-state index in [1.165, 1.54) is 45.2 Å². The number of nitrogens with zero attached hydrogens (tertiary/aromatic N) is 1. The largest absolute Gasteiger partial charge is 0.383 e.